The molecule has 4 heteroatoms. The lowest BCUT2D eigenvalue weighted by Crippen LogP contribution is -2.24. The van der Waals surface area contributed by atoms with Gasteiger partial charge < -0.3 is 11.1 Å². The highest BCUT2D eigenvalue weighted by Gasteiger charge is 2.04. The minimum Gasteiger partial charge on any atom is -0.352 e. The molecule has 1 amide bonds. The predicted octanol–water partition coefficient (Wildman–Crippen LogP) is 0.922. The average Bonchev–Trinajstić information content (AvgIpc) is 2.37. The van der Waals surface area contributed by atoms with E-state index in [2.05, 4.69) is 29.1 Å². The lowest BCUT2D eigenvalue weighted by Gasteiger charge is -2.03. The Morgan fingerprint density at radius 3 is 3.06 bits per heavy atom. The Labute approximate surface area is 102 Å². The van der Waals surface area contributed by atoms with Crippen LogP contribution in [0.4, 0.5) is 0 Å². The topological polar surface area (TPSA) is 68.0 Å². The first-order valence-electron chi connectivity index (χ1n) is 5.70. The number of aromatic nitrogens is 1. The fourth-order valence-corrected chi connectivity index (χ4v) is 1.27. The maximum absolute atomic E-state index is 11.7. The van der Waals surface area contributed by atoms with Crippen molar-refractivity contribution in [3.63, 3.8) is 0 Å². The van der Waals surface area contributed by atoms with Gasteiger partial charge in [0.2, 0.25) is 0 Å². The third-order valence-electron chi connectivity index (χ3n) is 2.15. The molecule has 17 heavy (non-hydrogen) atoms. The van der Waals surface area contributed by atoms with E-state index >= 15 is 0 Å². The molecule has 0 spiro atoms. The summed E-state index contributed by atoms with van der Waals surface area (Å²) >= 11 is 0. The van der Waals surface area contributed by atoms with Gasteiger partial charge in [0, 0.05) is 24.5 Å². The summed E-state index contributed by atoms with van der Waals surface area (Å²) < 4.78 is 0. The van der Waals surface area contributed by atoms with Gasteiger partial charge in [0.1, 0.15) is 0 Å². The molecule has 0 aliphatic rings. The van der Waals surface area contributed by atoms with Crippen molar-refractivity contribution in [1.82, 2.24) is 10.3 Å². The standard InChI is InChI=1S/C13H17N3O/c1-2-3-7-16-13(17)12-8-11(5-4-6-14)9-15-10-12/h8-10H,2-3,6-7,14H2,1H3,(H,16,17). The fourth-order valence-electron chi connectivity index (χ4n) is 1.27. The predicted molar refractivity (Wildman–Crippen MR) is 67.4 cm³/mol. The van der Waals surface area contributed by atoms with E-state index < -0.39 is 0 Å². The number of hydrogen-bond donors (Lipinski definition) is 2. The van der Waals surface area contributed by atoms with E-state index in [0.29, 0.717) is 24.2 Å². The molecular formula is C13H17N3O. The van der Waals surface area contributed by atoms with E-state index in [-0.39, 0.29) is 5.91 Å². The van der Waals surface area contributed by atoms with Crippen LogP contribution in [0.5, 0.6) is 0 Å². The number of nitrogens with one attached hydrogen (secondary N) is 1. The lowest BCUT2D eigenvalue weighted by atomic mass is 10.2. The number of hydrogen-bond acceptors (Lipinski definition) is 3. The first kappa shape index (κ1) is 13.2. The molecule has 0 radical (unpaired) electrons. The number of carbonyl (C=O) groups excluding carboxylic acids is 1. The van der Waals surface area contributed by atoms with E-state index in [1.54, 1.807) is 12.3 Å². The van der Waals surface area contributed by atoms with E-state index in [0.717, 1.165) is 12.8 Å². The molecule has 0 aromatic carbocycles. The van der Waals surface area contributed by atoms with E-state index in [1.807, 2.05) is 0 Å². The SMILES string of the molecule is CCCCNC(=O)c1cncc(C#CCN)c1. The second-order valence-electron chi connectivity index (χ2n) is 3.58. The number of rotatable bonds is 4. The monoisotopic (exact) mass is 231 g/mol. The van der Waals surface area contributed by atoms with Crippen LogP contribution in [0, 0.1) is 11.8 Å². The highest BCUT2D eigenvalue weighted by atomic mass is 16.1. The Balaban J connectivity index is 2.67. The van der Waals surface area contributed by atoms with Crippen LogP contribution in [0.3, 0.4) is 0 Å². The molecule has 0 bridgehead atoms. The molecule has 1 rings (SSSR count). The first-order valence-corrected chi connectivity index (χ1v) is 5.70. The van der Waals surface area contributed by atoms with Crippen LogP contribution >= 0.6 is 0 Å². The summed E-state index contributed by atoms with van der Waals surface area (Å²) in [6.45, 7) is 3.07. The Bertz CT molecular complexity index is 432. The summed E-state index contributed by atoms with van der Waals surface area (Å²) in [6.07, 6.45) is 5.19. The van der Waals surface area contributed by atoms with Gasteiger partial charge in [-0.05, 0) is 12.5 Å². The molecule has 1 aromatic rings. The van der Waals surface area contributed by atoms with Crippen molar-refractivity contribution in [1.29, 1.82) is 0 Å². The normalized spacial score (nSPS) is 9.29. The van der Waals surface area contributed by atoms with Crippen LogP contribution in [0.25, 0.3) is 0 Å². The van der Waals surface area contributed by atoms with Gasteiger partial charge in [-0.15, -0.1) is 0 Å². The summed E-state index contributed by atoms with van der Waals surface area (Å²) in [6, 6.07) is 1.72. The molecule has 0 saturated carbocycles. The van der Waals surface area contributed by atoms with Gasteiger partial charge in [-0.2, -0.15) is 0 Å². The second-order valence-corrected chi connectivity index (χ2v) is 3.58. The van der Waals surface area contributed by atoms with Crippen LogP contribution in [0.15, 0.2) is 18.5 Å². The van der Waals surface area contributed by atoms with Gasteiger partial charge in [-0.25, -0.2) is 0 Å². The minimum absolute atomic E-state index is 0.109. The minimum atomic E-state index is -0.109. The Kier molecular flexibility index (Phi) is 5.76. The second kappa shape index (κ2) is 7.42. The van der Waals surface area contributed by atoms with Crippen molar-refractivity contribution in [2.24, 2.45) is 5.73 Å². The zero-order chi connectivity index (χ0) is 12.5. The maximum Gasteiger partial charge on any atom is 0.252 e. The van der Waals surface area contributed by atoms with Crippen LogP contribution in [-0.4, -0.2) is 24.0 Å². The van der Waals surface area contributed by atoms with Crippen LogP contribution in [0.1, 0.15) is 35.7 Å². The van der Waals surface area contributed by atoms with E-state index in [9.17, 15) is 4.79 Å². The van der Waals surface area contributed by atoms with Crippen LogP contribution in [0.2, 0.25) is 0 Å². The molecule has 0 saturated heterocycles. The van der Waals surface area contributed by atoms with Gasteiger partial charge in [0.25, 0.3) is 5.91 Å². The highest BCUT2D eigenvalue weighted by molar-refractivity contribution is 5.94. The maximum atomic E-state index is 11.7. The van der Waals surface area contributed by atoms with Crippen molar-refractivity contribution in [2.75, 3.05) is 13.1 Å². The van der Waals surface area contributed by atoms with Gasteiger partial charge >= 0.3 is 0 Å². The molecule has 1 aromatic heterocycles. The van der Waals surface area contributed by atoms with Gasteiger partial charge in [0.05, 0.1) is 12.1 Å². The van der Waals surface area contributed by atoms with Crippen LogP contribution < -0.4 is 11.1 Å². The average molecular weight is 231 g/mol. The molecule has 0 aliphatic heterocycles. The van der Waals surface area contributed by atoms with E-state index in [4.69, 9.17) is 5.73 Å². The van der Waals surface area contributed by atoms with Crippen LogP contribution in [-0.2, 0) is 0 Å². The molecule has 4 nitrogen and oxygen atoms in total. The number of nitrogens with two attached hydrogens (primary N) is 1. The number of amides is 1. The molecule has 1 heterocycles. The third-order valence-corrected chi connectivity index (χ3v) is 2.15. The third kappa shape index (κ3) is 4.66. The smallest absolute Gasteiger partial charge is 0.252 e. The molecule has 3 N–H and O–H groups in total. The molecule has 0 atom stereocenters. The quantitative estimate of drug-likeness (QED) is 0.598. The summed E-state index contributed by atoms with van der Waals surface area (Å²) in [7, 11) is 0. The van der Waals surface area contributed by atoms with E-state index in [1.165, 1.54) is 6.20 Å². The zero-order valence-corrected chi connectivity index (χ0v) is 9.99. The largest absolute Gasteiger partial charge is 0.352 e. The van der Waals surface area contributed by atoms with Crippen molar-refractivity contribution in [3.8, 4) is 11.8 Å². The number of pyridine rings is 1. The van der Waals surface area contributed by atoms with Gasteiger partial charge in [-0.3, -0.25) is 9.78 Å². The van der Waals surface area contributed by atoms with Crippen molar-refractivity contribution in [3.05, 3.63) is 29.6 Å². The molecule has 90 valence electrons. The fraction of sp³-hybridized carbons (Fsp3) is 0.385. The van der Waals surface area contributed by atoms with Gasteiger partial charge in [-0.1, -0.05) is 25.2 Å². The van der Waals surface area contributed by atoms with Crippen molar-refractivity contribution < 1.29 is 4.79 Å². The number of carbonyl (C=O) groups is 1. The summed E-state index contributed by atoms with van der Waals surface area (Å²) in [5, 5.41) is 2.83. The molecular weight excluding hydrogens is 214 g/mol. The zero-order valence-electron chi connectivity index (χ0n) is 9.99. The van der Waals surface area contributed by atoms with Crippen molar-refractivity contribution in [2.45, 2.75) is 19.8 Å². The molecule has 0 unspecified atom stereocenters. The lowest BCUT2D eigenvalue weighted by molar-refractivity contribution is 0.0953. The Hall–Kier alpha value is -1.86. The number of unbranched alkanes of at least 4 members (excludes halogenated alkanes) is 1. The highest BCUT2D eigenvalue weighted by Crippen LogP contribution is 2.01. The molecule has 0 fully saturated rings. The summed E-state index contributed by atoms with van der Waals surface area (Å²) in [5.74, 6) is 5.47. The first-order chi connectivity index (χ1) is 8.27. The molecule has 0 aliphatic carbocycles. The Morgan fingerprint density at radius 1 is 1.53 bits per heavy atom. The number of nitrogens with zero attached hydrogens (tertiary/aromatic N) is 1. The summed E-state index contributed by atoms with van der Waals surface area (Å²) in [4.78, 5) is 15.7. The Morgan fingerprint density at radius 2 is 2.35 bits per heavy atom. The summed E-state index contributed by atoms with van der Waals surface area (Å²) in [5.41, 5.74) is 6.52. The van der Waals surface area contributed by atoms with Gasteiger partial charge in [0.15, 0.2) is 0 Å². The van der Waals surface area contributed by atoms with Crippen molar-refractivity contribution >= 4 is 5.91 Å².